The first-order valence-electron chi connectivity index (χ1n) is 7.37. The molecule has 1 aromatic carbocycles. The number of rotatable bonds is 7. The van der Waals surface area contributed by atoms with Crippen LogP contribution in [0.2, 0.25) is 5.02 Å². The fourth-order valence-electron chi connectivity index (χ4n) is 2.04. The van der Waals surface area contributed by atoms with E-state index in [4.69, 9.17) is 16.3 Å². The minimum absolute atomic E-state index is 0.197. The number of aromatic nitrogens is 1. The Bertz CT molecular complexity index is 677. The van der Waals surface area contributed by atoms with E-state index in [0.29, 0.717) is 28.7 Å². The van der Waals surface area contributed by atoms with E-state index in [1.165, 1.54) is 0 Å². The number of nitrogens with zero attached hydrogens (tertiary/aromatic N) is 1. The first kappa shape index (κ1) is 17.2. The number of methoxy groups -OCH3 is 1. The second-order valence-electron chi connectivity index (χ2n) is 5.07. The number of anilines is 2. The maximum Gasteiger partial charge on any atom is 0.255 e. The molecular weight excluding hydrogens is 314 g/mol. The van der Waals surface area contributed by atoms with Crippen LogP contribution in [0.4, 0.5) is 11.5 Å². The number of hydrogen-bond donors (Lipinski definition) is 2. The SMILES string of the molecule is COCCCNc1cc(C(=O)Nc2cccc(Cl)c2C)ccn1. The van der Waals surface area contributed by atoms with Crippen molar-refractivity contribution in [3.05, 3.63) is 52.7 Å². The minimum Gasteiger partial charge on any atom is -0.385 e. The molecule has 0 saturated heterocycles. The van der Waals surface area contributed by atoms with Crippen molar-refractivity contribution < 1.29 is 9.53 Å². The summed E-state index contributed by atoms with van der Waals surface area (Å²) in [6, 6.07) is 8.82. The molecule has 1 aromatic heterocycles. The smallest absolute Gasteiger partial charge is 0.255 e. The van der Waals surface area contributed by atoms with E-state index in [1.54, 1.807) is 37.6 Å². The fraction of sp³-hybridized carbons (Fsp3) is 0.294. The molecule has 1 amide bonds. The summed E-state index contributed by atoms with van der Waals surface area (Å²) < 4.78 is 4.99. The molecule has 1 heterocycles. The third kappa shape index (κ3) is 4.94. The predicted octanol–water partition coefficient (Wildman–Crippen LogP) is 3.74. The maximum absolute atomic E-state index is 12.4. The lowest BCUT2D eigenvalue weighted by Crippen LogP contribution is -2.14. The molecule has 0 saturated carbocycles. The third-order valence-electron chi connectivity index (χ3n) is 3.37. The van der Waals surface area contributed by atoms with Crippen LogP contribution in [0.3, 0.4) is 0 Å². The maximum atomic E-state index is 12.4. The Balaban J connectivity index is 2.03. The van der Waals surface area contributed by atoms with Crippen LogP contribution < -0.4 is 10.6 Å². The molecule has 0 aliphatic carbocycles. The number of nitrogens with one attached hydrogen (secondary N) is 2. The highest BCUT2D eigenvalue weighted by molar-refractivity contribution is 6.31. The normalized spacial score (nSPS) is 10.4. The van der Waals surface area contributed by atoms with E-state index < -0.39 is 0 Å². The summed E-state index contributed by atoms with van der Waals surface area (Å²) in [6.45, 7) is 3.29. The quantitative estimate of drug-likeness (QED) is 0.758. The van der Waals surface area contributed by atoms with Crippen LogP contribution in [-0.4, -0.2) is 31.2 Å². The summed E-state index contributed by atoms with van der Waals surface area (Å²) in [7, 11) is 1.67. The van der Waals surface area contributed by atoms with Gasteiger partial charge in [-0.3, -0.25) is 4.79 Å². The molecule has 2 rings (SSSR count). The van der Waals surface area contributed by atoms with Crippen LogP contribution in [0.5, 0.6) is 0 Å². The van der Waals surface area contributed by atoms with E-state index in [2.05, 4.69) is 15.6 Å². The van der Waals surface area contributed by atoms with Gasteiger partial charge < -0.3 is 15.4 Å². The van der Waals surface area contributed by atoms with Gasteiger partial charge in [0.2, 0.25) is 0 Å². The predicted molar refractivity (Wildman–Crippen MR) is 93.4 cm³/mol. The van der Waals surface area contributed by atoms with Crippen molar-refractivity contribution in [3.63, 3.8) is 0 Å². The lowest BCUT2D eigenvalue weighted by atomic mass is 10.2. The summed E-state index contributed by atoms with van der Waals surface area (Å²) in [5, 5.41) is 6.66. The Kier molecular flexibility index (Phi) is 6.38. The molecule has 0 atom stereocenters. The zero-order valence-electron chi connectivity index (χ0n) is 13.2. The zero-order chi connectivity index (χ0) is 16.7. The average molecular weight is 334 g/mol. The standard InChI is InChI=1S/C17H20ClN3O2/c1-12-14(18)5-3-6-15(12)21-17(22)13-7-9-20-16(11-13)19-8-4-10-23-2/h3,5-7,9,11H,4,8,10H2,1-2H3,(H,19,20)(H,21,22). The van der Waals surface area contributed by atoms with Gasteiger partial charge in [-0.15, -0.1) is 0 Å². The molecule has 23 heavy (non-hydrogen) atoms. The average Bonchev–Trinajstić information content (AvgIpc) is 2.56. The summed E-state index contributed by atoms with van der Waals surface area (Å²) in [5.41, 5.74) is 2.08. The Hall–Kier alpha value is -2.11. The van der Waals surface area contributed by atoms with Crippen LogP contribution in [0.1, 0.15) is 22.3 Å². The first-order valence-corrected chi connectivity index (χ1v) is 7.75. The highest BCUT2D eigenvalue weighted by Gasteiger charge is 2.10. The van der Waals surface area contributed by atoms with Gasteiger partial charge in [-0.25, -0.2) is 4.98 Å². The van der Waals surface area contributed by atoms with Gasteiger partial charge in [0.25, 0.3) is 5.91 Å². The third-order valence-corrected chi connectivity index (χ3v) is 3.78. The molecule has 0 aliphatic rings. The molecule has 0 radical (unpaired) electrons. The lowest BCUT2D eigenvalue weighted by molar-refractivity contribution is 0.102. The summed E-state index contributed by atoms with van der Waals surface area (Å²) in [5.74, 6) is 0.467. The van der Waals surface area contributed by atoms with Gasteiger partial charge in [0, 0.05) is 42.7 Å². The molecule has 0 aliphatic heterocycles. The fourth-order valence-corrected chi connectivity index (χ4v) is 2.21. The number of carbonyl (C=O) groups is 1. The Labute approximate surface area is 141 Å². The van der Waals surface area contributed by atoms with Crippen LogP contribution >= 0.6 is 11.6 Å². The molecule has 0 fully saturated rings. The number of benzene rings is 1. The molecule has 2 aromatic rings. The van der Waals surface area contributed by atoms with Gasteiger partial charge >= 0.3 is 0 Å². The molecular formula is C17H20ClN3O2. The number of carbonyl (C=O) groups excluding carboxylic acids is 1. The van der Waals surface area contributed by atoms with E-state index >= 15 is 0 Å². The van der Waals surface area contributed by atoms with E-state index in [9.17, 15) is 4.79 Å². The van der Waals surface area contributed by atoms with Crippen LogP contribution in [0, 0.1) is 6.92 Å². The number of ether oxygens (including phenoxy) is 1. The van der Waals surface area contributed by atoms with Gasteiger partial charge in [-0.05, 0) is 43.2 Å². The van der Waals surface area contributed by atoms with Crippen LogP contribution in [0.25, 0.3) is 0 Å². The van der Waals surface area contributed by atoms with Crippen molar-refractivity contribution in [2.24, 2.45) is 0 Å². The number of amides is 1. The van der Waals surface area contributed by atoms with Crippen molar-refractivity contribution >= 4 is 29.0 Å². The topological polar surface area (TPSA) is 63.2 Å². The van der Waals surface area contributed by atoms with Gasteiger partial charge in [-0.1, -0.05) is 17.7 Å². The Morgan fingerprint density at radius 2 is 2.17 bits per heavy atom. The number of pyridine rings is 1. The van der Waals surface area contributed by atoms with Crippen molar-refractivity contribution in [2.45, 2.75) is 13.3 Å². The van der Waals surface area contributed by atoms with E-state index in [-0.39, 0.29) is 5.91 Å². The molecule has 122 valence electrons. The van der Waals surface area contributed by atoms with Crippen molar-refractivity contribution in [2.75, 3.05) is 30.9 Å². The molecule has 0 unspecified atom stereocenters. The Morgan fingerprint density at radius 1 is 1.35 bits per heavy atom. The monoisotopic (exact) mass is 333 g/mol. The summed E-state index contributed by atoms with van der Waals surface area (Å²) in [4.78, 5) is 16.6. The largest absolute Gasteiger partial charge is 0.385 e. The Morgan fingerprint density at radius 3 is 2.96 bits per heavy atom. The zero-order valence-corrected chi connectivity index (χ0v) is 14.0. The van der Waals surface area contributed by atoms with E-state index in [0.717, 1.165) is 18.5 Å². The van der Waals surface area contributed by atoms with Crippen molar-refractivity contribution in [1.29, 1.82) is 0 Å². The lowest BCUT2D eigenvalue weighted by Gasteiger charge is -2.10. The summed E-state index contributed by atoms with van der Waals surface area (Å²) in [6.07, 6.45) is 2.48. The number of hydrogen-bond acceptors (Lipinski definition) is 4. The second kappa shape index (κ2) is 8.50. The molecule has 5 nitrogen and oxygen atoms in total. The molecule has 0 bridgehead atoms. The van der Waals surface area contributed by atoms with Crippen molar-refractivity contribution in [3.8, 4) is 0 Å². The highest BCUT2D eigenvalue weighted by Crippen LogP contribution is 2.23. The van der Waals surface area contributed by atoms with Gasteiger partial charge in [0.1, 0.15) is 5.82 Å². The summed E-state index contributed by atoms with van der Waals surface area (Å²) >= 11 is 6.07. The highest BCUT2D eigenvalue weighted by atomic mass is 35.5. The van der Waals surface area contributed by atoms with Crippen LogP contribution in [-0.2, 0) is 4.74 Å². The molecule has 0 spiro atoms. The van der Waals surface area contributed by atoms with Crippen LogP contribution in [0.15, 0.2) is 36.5 Å². The van der Waals surface area contributed by atoms with Crippen molar-refractivity contribution in [1.82, 2.24) is 4.98 Å². The molecule has 2 N–H and O–H groups in total. The van der Waals surface area contributed by atoms with Gasteiger partial charge in [0.05, 0.1) is 0 Å². The van der Waals surface area contributed by atoms with Gasteiger partial charge in [0.15, 0.2) is 0 Å². The van der Waals surface area contributed by atoms with E-state index in [1.807, 2.05) is 13.0 Å². The minimum atomic E-state index is -0.197. The second-order valence-corrected chi connectivity index (χ2v) is 5.48. The number of halogens is 1. The van der Waals surface area contributed by atoms with Gasteiger partial charge in [-0.2, -0.15) is 0 Å². The first-order chi connectivity index (χ1) is 11.1. The molecule has 6 heteroatoms.